The van der Waals surface area contributed by atoms with Crippen molar-refractivity contribution in [2.45, 2.75) is 77.2 Å². The number of amides is 1. The number of likely N-dealkylation sites (tertiary alicyclic amines) is 1. The van der Waals surface area contributed by atoms with Gasteiger partial charge in [-0.3, -0.25) is 0 Å². The number of fused-ring (bicyclic) bond motifs is 1. The number of hydrogen-bond acceptors (Lipinski definition) is 9. The van der Waals surface area contributed by atoms with E-state index in [9.17, 15) is 22.0 Å². The molecule has 0 aliphatic carbocycles. The maximum atomic E-state index is 15.1. The zero-order chi connectivity index (χ0) is 35.6. The Morgan fingerprint density at radius 3 is 2.53 bits per heavy atom. The fraction of sp³-hybridized carbons (Fsp3) is 0.429. The highest BCUT2D eigenvalue weighted by atomic mass is 32.2. The molecule has 2 aromatic heterocycles. The van der Waals surface area contributed by atoms with E-state index in [2.05, 4.69) is 15.3 Å². The Morgan fingerprint density at radius 2 is 1.80 bits per heavy atom. The van der Waals surface area contributed by atoms with Crippen LogP contribution < -0.4 is 10.1 Å². The number of aryl methyl sites for hydroxylation is 1. The van der Waals surface area contributed by atoms with Crippen LogP contribution in [0, 0.1) is 12.7 Å². The molecule has 1 aliphatic heterocycles. The molecular weight excluding hydrogens is 659 g/mol. The molecule has 0 spiro atoms. The number of benzene rings is 2. The van der Waals surface area contributed by atoms with Gasteiger partial charge in [-0.1, -0.05) is 12.1 Å². The highest BCUT2D eigenvalue weighted by molar-refractivity contribution is 7.90. The van der Waals surface area contributed by atoms with Crippen LogP contribution in [0.25, 0.3) is 22.0 Å². The third-order valence-electron chi connectivity index (χ3n) is 7.93. The van der Waals surface area contributed by atoms with E-state index >= 15 is 4.39 Å². The lowest BCUT2D eigenvalue weighted by Gasteiger charge is -2.34. The number of sulfone groups is 1. The lowest BCUT2D eigenvalue weighted by atomic mass is 10.0. The summed E-state index contributed by atoms with van der Waals surface area (Å²) < 4.78 is 79.3. The second-order valence-corrected chi connectivity index (χ2v) is 15.6. The van der Waals surface area contributed by atoms with Gasteiger partial charge in [-0.2, -0.15) is 0 Å². The lowest BCUT2D eigenvalue weighted by Crippen LogP contribution is -2.47. The fourth-order valence-electron chi connectivity index (χ4n) is 5.54. The molecule has 1 amide bonds. The number of hydrogen-bond donors (Lipinski definition) is 1. The SMILES string of the molecule is Cc1ccc2c(CS(=O)(=O)CCC(C)(F)F)c(F)ccc2c1Oc1ncccc1-c1ccnc(N[C@H]2CCCN(C(=O)OC(C)(C)C)C2)n1. The molecule has 1 fully saturated rings. The molecule has 2 aromatic carbocycles. The van der Waals surface area contributed by atoms with E-state index in [0.717, 1.165) is 18.9 Å². The van der Waals surface area contributed by atoms with Gasteiger partial charge in [0.2, 0.25) is 17.8 Å². The molecule has 10 nitrogen and oxygen atoms in total. The van der Waals surface area contributed by atoms with Crippen molar-refractivity contribution < 1.29 is 35.9 Å². The molecule has 3 heterocycles. The first kappa shape index (κ1) is 35.8. The van der Waals surface area contributed by atoms with Crippen molar-refractivity contribution in [3.8, 4) is 22.9 Å². The third kappa shape index (κ3) is 9.37. The van der Waals surface area contributed by atoms with E-state index in [0.29, 0.717) is 53.9 Å². The van der Waals surface area contributed by atoms with Gasteiger partial charge >= 0.3 is 6.09 Å². The smallest absolute Gasteiger partial charge is 0.410 e. The fourth-order valence-corrected chi connectivity index (χ4v) is 7.09. The quantitative estimate of drug-likeness (QED) is 0.177. The number of carbonyl (C=O) groups excluding carboxylic acids is 1. The average Bonchev–Trinajstić information content (AvgIpc) is 3.02. The number of piperidine rings is 1. The van der Waals surface area contributed by atoms with Gasteiger partial charge in [0.25, 0.3) is 0 Å². The molecule has 1 aliphatic rings. The Labute approximate surface area is 284 Å². The molecule has 4 aromatic rings. The number of nitrogens with one attached hydrogen (secondary N) is 1. The molecule has 1 saturated heterocycles. The molecule has 0 bridgehead atoms. The monoisotopic (exact) mass is 699 g/mol. The minimum Gasteiger partial charge on any atom is -0.444 e. The average molecular weight is 700 g/mol. The zero-order valence-corrected chi connectivity index (χ0v) is 28.9. The highest BCUT2D eigenvalue weighted by Crippen LogP contribution is 2.38. The van der Waals surface area contributed by atoms with E-state index in [1.807, 2.05) is 20.8 Å². The van der Waals surface area contributed by atoms with Gasteiger partial charge in [-0.25, -0.2) is 41.3 Å². The van der Waals surface area contributed by atoms with E-state index < -0.39 is 45.1 Å². The summed E-state index contributed by atoms with van der Waals surface area (Å²) in [5.41, 5.74) is 0.992. The molecule has 14 heteroatoms. The number of pyridine rings is 1. The number of nitrogens with zero attached hydrogens (tertiary/aromatic N) is 4. The van der Waals surface area contributed by atoms with Gasteiger partial charge in [0.1, 0.15) is 17.2 Å². The second-order valence-electron chi connectivity index (χ2n) is 13.4. The van der Waals surface area contributed by atoms with Crippen molar-refractivity contribution in [2.24, 2.45) is 0 Å². The zero-order valence-electron chi connectivity index (χ0n) is 28.1. The van der Waals surface area contributed by atoms with Crippen LogP contribution in [-0.4, -0.2) is 70.8 Å². The Kier molecular flexibility index (Phi) is 10.4. The summed E-state index contributed by atoms with van der Waals surface area (Å²) in [6.07, 6.45) is 3.52. The molecule has 0 radical (unpaired) electrons. The van der Waals surface area contributed by atoms with E-state index in [4.69, 9.17) is 14.5 Å². The number of rotatable bonds is 10. The Morgan fingerprint density at radius 1 is 1.04 bits per heavy atom. The third-order valence-corrected chi connectivity index (χ3v) is 9.48. The van der Waals surface area contributed by atoms with Crippen LogP contribution in [0.1, 0.15) is 58.1 Å². The summed E-state index contributed by atoms with van der Waals surface area (Å²) in [5, 5.41) is 4.04. The maximum absolute atomic E-state index is 15.1. The highest BCUT2D eigenvalue weighted by Gasteiger charge is 2.29. The molecule has 1 atom stereocenters. The first-order chi connectivity index (χ1) is 23.0. The number of ether oxygens (including phenoxy) is 2. The first-order valence-corrected chi connectivity index (χ1v) is 17.8. The molecule has 49 heavy (non-hydrogen) atoms. The number of alkyl halides is 2. The van der Waals surface area contributed by atoms with Crippen LogP contribution in [-0.2, 0) is 20.3 Å². The van der Waals surface area contributed by atoms with Gasteiger partial charge in [0.15, 0.2) is 9.84 Å². The van der Waals surface area contributed by atoms with Gasteiger partial charge in [0, 0.05) is 48.9 Å². The summed E-state index contributed by atoms with van der Waals surface area (Å²) in [5.74, 6) is -4.57. The number of halogens is 3. The second kappa shape index (κ2) is 14.2. The maximum Gasteiger partial charge on any atom is 0.410 e. The predicted octanol–water partition coefficient (Wildman–Crippen LogP) is 7.70. The molecule has 0 saturated carbocycles. The summed E-state index contributed by atoms with van der Waals surface area (Å²) >= 11 is 0. The van der Waals surface area contributed by atoms with E-state index in [1.54, 1.807) is 54.5 Å². The molecule has 1 N–H and O–H groups in total. The van der Waals surface area contributed by atoms with Gasteiger partial charge in [-0.05, 0) is 88.7 Å². The van der Waals surface area contributed by atoms with Crippen LogP contribution >= 0.6 is 0 Å². The number of anilines is 1. The van der Waals surface area contributed by atoms with Crippen LogP contribution in [0.15, 0.2) is 54.9 Å². The van der Waals surface area contributed by atoms with Gasteiger partial charge in [-0.15, -0.1) is 0 Å². The van der Waals surface area contributed by atoms with Crippen LogP contribution in [0.3, 0.4) is 0 Å². The number of carbonyl (C=O) groups is 1. The minimum absolute atomic E-state index is 0.101. The predicted molar refractivity (Wildman–Crippen MR) is 181 cm³/mol. The summed E-state index contributed by atoms with van der Waals surface area (Å²) in [7, 11) is -4.06. The molecular formula is C35H40F3N5O5S. The lowest BCUT2D eigenvalue weighted by molar-refractivity contribution is 0.0186. The number of aromatic nitrogens is 3. The van der Waals surface area contributed by atoms with E-state index in [-0.39, 0.29) is 29.0 Å². The standard InChI is InChI=1S/C35H40F3N5O5S/c1-22-10-11-24-25(12-13-28(36)27(24)21-49(45,46)19-15-35(5,37)38)30(22)47-31-26(9-6-16-39-31)29-14-17-40-32(42-29)41-23-8-7-18-43(20-23)33(44)48-34(2,3)4/h6,9-14,16-17,23H,7-8,15,18-21H2,1-5H3,(H,40,41,42)/t23-/m0/s1. The van der Waals surface area contributed by atoms with Crippen LogP contribution in [0.4, 0.5) is 23.9 Å². The van der Waals surface area contributed by atoms with Crippen LogP contribution in [0.5, 0.6) is 11.6 Å². The van der Waals surface area contributed by atoms with Crippen molar-refractivity contribution in [1.29, 1.82) is 0 Å². The van der Waals surface area contributed by atoms with Crippen molar-refractivity contribution in [1.82, 2.24) is 19.9 Å². The Balaban J connectivity index is 1.40. The van der Waals surface area contributed by atoms with Crippen molar-refractivity contribution in [2.75, 3.05) is 24.2 Å². The van der Waals surface area contributed by atoms with Gasteiger partial charge in [0.05, 0.1) is 22.8 Å². The Hall–Kier alpha value is -4.46. The topological polar surface area (TPSA) is 124 Å². The minimum atomic E-state index is -4.06. The first-order valence-electron chi connectivity index (χ1n) is 16.0. The van der Waals surface area contributed by atoms with E-state index in [1.165, 1.54) is 6.07 Å². The van der Waals surface area contributed by atoms with Crippen LogP contribution in [0.2, 0.25) is 0 Å². The molecule has 5 rings (SSSR count). The van der Waals surface area contributed by atoms with Gasteiger partial charge < -0.3 is 19.7 Å². The molecule has 262 valence electrons. The summed E-state index contributed by atoms with van der Waals surface area (Å²) in [6, 6.07) is 11.0. The molecule has 0 unspecified atom stereocenters. The summed E-state index contributed by atoms with van der Waals surface area (Å²) in [4.78, 5) is 27.9. The Bertz CT molecular complexity index is 1950. The van der Waals surface area contributed by atoms with Crippen molar-refractivity contribution in [3.05, 3.63) is 71.8 Å². The summed E-state index contributed by atoms with van der Waals surface area (Å²) in [6.45, 7) is 8.95. The van der Waals surface area contributed by atoms with Crippen molar-refractivity contribution >= 4 is 32.7 Å². The largest absolute Gasteiger partial charge is 0.444 e. The normalized spacial score (nSPS) is 15.7. The van der Waals surface area contributed by atoms with Crippen molar-refractivity contribution in [3.63, 3.8) is 0 Å².